The third kappa shape index (κ3) is 3.16. The van der Waals surface area contributed by atoms with Gasteiger partial charge in [-0.1, -0.05) is 47.5 Å². The summed E-state index contributed by atoms with van der Waals surface area (Å²) in [6, 6.07) is 10.5. The minimum absolute atomic E-state index is 0.0312. The molecule has 2 aromatic rings. The third-order valence-corrected chi connectivity index (χ3v) is 4.52. The summed E-state index contributed by atoms with van der Waals surface area (Å²) in [5.41, 5.74) is 0.366. The number of halogens is 2. The van der Waals surface area contributed by atoms with Gasteiger partial charge in [-0.15, -0.1) is 0 Å². The van der Waals surface area contributed by atoms with Crippen LogP contribution in [0, 0.1) is 0 Å². The largest absolute Gasteiger partial charge is 0.496 e. The van der Waals surface area contributed by atoms with Gasteiger partial charge in [0.2, 0.25) is 0 Å². The van der Waals surface area contributed by atoms with E-state index in [1.165, 1.54) is 25.3 Å². The first-order valence-electron chi connectivity index (χ1n) is 7.42. The Morgan fingerprint density at radius 3 is 2.50 bits per heavy atom. The molecule has 0 spiro atoms. The molecule has 0 unspecified atom stereocenters. The van der Waals surface area contributed by atoms with E-state index in [0.717, 1.165) is 4.90 Å². The average Bonchev–Trinajstić information content (AvgIpc) is 2.62. The number of methoxy groups -OCH3 is 1. The summed E-state index contributed by atoms with van der Waals surface area (Å²) in [6.07, 6.45) is 1.36. The fraction of sp³-hybridized carbons (Fsp3) is 0.0556. The number of benzene rings is 2. The third-order valence-electron chi connectivity index (χ3n) is 3.71. The van der Waals surface area contributed by atoms with Crippen molar-refractivity contribution in [1.82, 2.24) is 5.32 Å². The predicted molar refractivity (Wildman–Crippen MR) is 98.5 cm³/mol. The van der Waals surface area contributed by atoms with E-state index >= 15 is 0 Å². The molecule has 1 N–H and O–H groups in total. The summed E-state index contributed by atoms with van der Waals surface area (Å²) in [5.74, 6) is -1.14. The van der Waals surface area contributed by atoms with Crippen molar-refractivity contribution in [2.75, 3.05) is 12.0 Å². The maximum Gasteiger partial charge on any atom is 0.336 e. The Hall–Kier alpha value is -2.83. The van der Waals surface area contributed by atoms with Gasteiger partial charge in [0.15, 0.2) is 0 Å². The Bertz CT molecular complexity index is 956. The predicted octanol–water partition coefficient (Wildman–Crippen LogP) is 3.67. The number of hydrogen-bond donors (Lipinski definition) is 1. The summed E-state index contributed by atoms with van der Waals surface area (Å²) in [6.45, 7) is 0. The number of nitrogens with zero attached hydrogens (tertiary/aromatic N) is 1. The highest BCUT2D eigenvalue weighted by Gasteiger charge is 2.38. The first-order chi connectivity index (χ1) is 12.4. The van der Waals surface area contributed by atoms with Crippen molar-refractivity contribution >= 4 is 52.8 Å². The number of imide groups is 2. The van der Waals surface area contributed by atoms with Gasteiger partial charge in [0.25, 0.3) is 11.8 Å². The zero-order valence-corrected chi connectivity index (χ0v) is 15.0. The number of rotatable bonds is 3. The first-order valence-corrected chi connectivity index (χ1v) is 8.18. The molecule has 8 heteroatoms. The van der Waals surface area contributed by atoms with Crippen LogP contribution in [0.1, 0.15) is 5.56 Å². The molecule has 1 saturated heterocycles. The molecule has 1 fully saturated rings. The summed E-state index contributed by atoms with van der Waals surface area (Å²) in [7, 11) is 1.47. The number of carbonyl (C=O) groups is 3. The normalized spacial score (nSPS) is 16.0. The zero-order valence-electron chi connectivity index (χ0n) is 13.5. The van der Waals surface area contributed by atoms with Crippen LogP contribution in [0.5, 0.6) is 5.75 Å². The second-order valence-corrected chi connectivity index (χ2v) is 6.06. The monoisotopic (exact) mass is 390 g/mol. The number of amides is 4. The standard InChI is InChI=1S/C18H12Cl2N2O4/c1-26-14-8-3-2-5-10(14)9-11-16(23)21-18(25)22(17(11)24)13-7-4-6-12(19)15(13)20/h2-9H,1H3,(H,21,23,25)/b11-9+. The summed E-state index contributed by atoms with van der Waals surface area (Å²) < 4.78 is 5.22. The molecule has 6 nitrogen and oxygen atoms in total. The molecule has 4 amide bonds. The Kier molecular flexibility index (Phi) is 4.97. The summed E-state index contributed by atoms with van der Waals surface area (Å²) in [5, 5.41) is 2.34. The lowest BCUT2D eigenvalue weighted by atomic mass is 10.1. The second-order valence-electron chi connectivity index (χ2n) is 5.27. The SMILES string of the molecule is COc1ccccc1/C=C1\C(=O)NC(=O)N(c2cccc(Cl)c2Cl)C1=O. The van der Waals surface area contributed by atoms with Gasteiger partial charge in [0.05, 0.1) is 22.8 Å². The second kappa shape index (κ2) is 7.19. The van der Waals surface area contributed by atoms with Crippen molar-refractivity contribution in [3.63, 3.8) is 0 Å². The van der Waals surface area contributed by atoms with Crippen LogP contribution in [0.25, 0.3) is 6.08 Å². The fourth-order valence-electron chi connectivity index (χ4n) is 2.48. The van der Waals surface area contributed by atoms with Crippen LogP contribution in [0.4, 0.5) is 10.5 Å². The lowest BCUT2D eigenvalue weighted by molar-refractivity contribution is -0.122. The number of hydrogen-bond acceptors (Lipinski definition) is 4. The van der Waals surface area contributed by atoms with Gasteiger partial charge in [-0.05, 0) is 24.3 Å². The Morgan fingerprint density at radius 1 is 1.04 bits per heavy atom. The average molecular weight is 391 g/mol. The van der Waals surface area contributed by atoms with Crippen molar-refractivity contribution in [1.29, 1.82) is 0 Å². The quantitative estimate of drug-likeness (QED) is 0.640. The van der Waals surface area contributed by atoms with Gasteiger partial charge >= 0.3 is 6.03 Å². The molecule has 2 aromatic carbocycles. The lowest BCUT2D eigenvalue weighted by Gasteiger charge is -2.27. The van der Waals surface area contributed by atoms with Gasteiger partial charge in [0.1, 0.15) is 11.3 Å². The molecule has 0 saturated carbocycles. The van der Waals surface area contributed by atoms with Crippen molar-refractivity contribution in [2.24, 2.45) is 0 Å². The highest BCUT2D eigenvalue weighted by molar-refractivity contribution is 6.46. The molecule has 1 aliphatic rings. The van der Waals surface area contributed by atoms with Crippen LogP contribution in [-0.2, 0) is 9.59 Å². The minimum Gasteiger partial charge on any atom is -0.496 e. The molecular weight excluding hydrogens is 379 g/mol. The number of ether oxygens (including phenoxy) is 1. The highest BCUT2D eigenvalue weighted by atomic mass is 35.5. The lowest BCUT2D eigenvalue weighted by Crippen LogP contribution is -2.54. The molecule has 0 atom stereocenters. The van der Waals surface area contributed by atoms with Gasteiger partial charge in [0, 0.05) is 5.56 Å². The van der Waals surface area contributed by atoms with Crippen LogP contribution in [0.2, 0.25) is 10.0 Å². The molecule has 3 rings (SSSR count). The van der Waals surface area contributed by atoms with Crippen LogP contribution < -0.4 is 15.0 Å². The number of anilines is 1. The van der Waals surface area contributed by atoms with Crippen LogP contribution in [0.15, 0.2) is 48.0 Å². The van der Waals surface area contributed by atoms with Crippen molar-refractivity contribution in [3.8, 4) is 5.75 Å². The fourth-order valence-corrected chi connectivity index (χ4v) is 2.86. The van der Waals surface area contributed by atoms with E-state index in [1.54, 1.807) is 30.3 Å². The van der Waals surface area contributed by atoms with E-state index in [2.05, 4.69) is 5.32 Å². The Morgan fingerprint density at radius 2 is 1.77 bits per heavy atom. The van der Waals surface area contributed by atoms with Crippen molar-refractivity contribution in [3.05, 3.63) is 63.6 Å². The van der Waals surface area contributed by atoms with E-state index in [4.69, 9.17) is 27.9 Å². The van der Waals surface area contributed by atoms with Gasteiger partial charge in [-0.2, -0.15) is 0 Å². The van der Waals surface area contributed by atoms with E-state index in [1.807, 2.05) is 0 Å². The van der Waals surface area contributed by atoms with E-state index < -0.39 is 17.8 Å². The zero-order chi connectivity index (χ0) is 18.8. The topological polar surface area (TPSA) is 75.7 Å². The molecule has 0 radical (unpaired) electrons. The molecule has 26 heavy (non-hydrogen) atoms. The van der Waals surface area contributed by atoms with Crippen LogP contribution in [-0.4, -0.2) is 25.0 Å². The van der Waals surface area contributed by atoms with Crippen LogP contribution in [0.3, 0.4) is 0 Å². The number of barbiturate groups is 1. The number of para-hydroxylation sites is 1. The molecule has 132 valence electrons. The Balaban J connectivity index is 2.09. The van der Waals surface area contributed by atoms with E-state index in [9.17, 15) is 14.4 Å². The molecule has 1 heterocycles. The maximum atomic E-state index is 12.8. The van der Waals surface area contributed by atoms with Gasteiger partial charge in [-0.3, -0.25) is 14.9 Å². The molecule has 0 aliphatic carbocycles. The molecule has 0 aromatic heterocycles. The van der Waals surface area contributed by atoms with Gasteiger partial charge in [-0.25, -0.2) is 9.69 Å². The van der Waals surface area contributed by atoms with Crippen LogP contribution >= 0.6 is 23.2 Å². The molecular formula is C18H12Cl2N2O4. The molecule has 1 aliphatic heterocycles. The number of urea groups is 1. The smallest absolute Gasteiger partial charge is 0.336 e. The molecule has 0 bridgehead atoms. The van der Waals surface area contributed by atoms with Crippen molar-refractivity contribution in [2.45, 2.75) is 0 Å². The number of carbonyl (C=O) groups excluding carboxylic acids is 3. The van der Waals surface area contributed by atoms with Crippen molar-refractivity contribution < 1.29 is 19.1 Å². The maximum absolute atomic E-state index is 12.8. The Labute approximate surface area is 158 Å². The van der Waals surface area contributed by atoms with E-state index in [-0.39, 0.29) is 21.3 Å². The summed E-state index contributed by atoms with van der Waals surface area (Å²) >= 11 is 12.1. The number of nitrogens with one attached hydrogen (secondary N) is 1. The first kappa shape index (κ1) is 18.0. The summed E-state index contributed by atoms with van der Waals surface area (Å²) in [4.78, 5) is 38.0. The minimum atomic E-state index is -0.902. The van der Waals surface area contributed by atoms with E-state index in [0.29, 0.717) is 11.3 Å². The van der Waals surface area contributed by atoms with Gasteiger partial charge < -0.3 is 4.74 Å². The highest BCUT2D eigenvalue weighted by Crippen LogP contribution is 2.34.